The molecule has 0 amide bonds. The van der Waals surface area contributed by atoms with Crippen molar-refractivity contribution in [2.24, 2.45) is 0 Å². The van der Waals surface area contributed by atoms with Crippen LogP contribution in [0.3, 0.4) is 0 Å². The summed E-state index contributed by atoms with van der Waals surface area (Å²) in [6.45, 7) is 6.40. The molecule has 0 aliphatic carbocycles. The standard InChI is InChI=1S/C24H25N5O2/c1-17(29-12-14-30-15-13-29)16-25-22-20-23(27-21(26-22)18-8-4-2-5-9-18)28-24(31-20)19-10-6-3-7-11-19/h2-11,17H,12-16H2,1H3,(H,25,26,27)/t17-/m0/s1. The Balaban J connectivity index is 1.50. The zero-order valence-electron chi connectivity index (χ0n) is 17.5. The predicted octanol–water partition coefficient (Wildman–Crippen LogP) is 4.08. The van der Waals surface area contributed by atoms with Crippen LogP contribution in [0.15, 0.2) is 65.1 Å². The Bertz CT molecular complexity index is 1140. The van der Waals surface area contributed by atoms with Crippen LogP contribution in [0, 0.1) is 0 Å². The van der Waals surface area contributed by atoms with Crippen LogP contribution in [0.25, 0.3) is 34.1 Å². The fourth-order valence-corrected chi connectivity index (χ4v) is 3.76. The lowest BCUT2D eigenvalue weighted by atomic mass is 10.2. The first kappa shape index (κ1) is 19.7. The minimum absolute atomic E-state index is 0.339. The van der Waals surface area contributed by atoms with E-state index >= 15 is 0 Å². The number of fused-ring (bicyclic) bond motifs is 1. The van der Waals surface area contributed by atoms with Gasteiger partial charge in [0.25, 0.3) is 0 Å². The molecule has 1 fully saturated rings. The van der Waals surface area contributed by atoms with E-state index in [2.05, 4.69) is 27.1 Å². The van der Waals surface area contributed by atoms with E-state index in [0.717, 1.165) is 44.0 Å². The topological polar surface area (TPSA) is 76.3 Å². The molecule has 1 aliphatic heterocycles. The summed E-state index contributed by atoms with van der Waals surface area (Å²) >= 11 is 0. The van der Waals surface area contributed by atoms with Gasteiger partial charge in [-0.05, 0) is 19.1 Å². The van der Waals surface area contributed by atoms with Crippen molar-refractivity contribution < 1.29 is 9.15 Å². The number of nitrogens with one attached hydrogen (secondary N) is 1. The molecule has 4 aromatic rings. The SMILES string of the molecule is C[C@@H](CNc1nc(-c2ccccc2)nc2nc(-c3ccccc3)oc12)N1CCOCC1. The van der Waals surface area contributed by atoms with Crippen molar-refractivity contribution in [3.05, 3.63) is 60.7 Å². The van der Waals surface area contributed by atoms with E-state index in [1.165, 1.54) is 0 Å². The highest BCUT2D eigenvalue weighted by Crippen LogP contribution is 2.29. The summed E-state index contributed by atoms with van der Waals surface area (Å²) in [5.74, 6) is 1.83. The van der Waals surface area contributed by atoms with Gasteiger partial charge in [-0.25, -0.2) is 9.97 Å². The molecular formula is C24H25N5O2. The summed E-state index contributed by atoms with van der Waals surface area (Å²) in [5.41, 5.74) is 2.98. The lowest BCUT2D eigenvalue weighted by molar-refractivity contribution is 0.0227. The molecule has 0 spiro atoms. The molecule has 3 heterocycles. The van der Waals surface area contributed by atoms with Crippen molar-refractivity contribution in [2.45, 2.75) is 13.0 Å². The molecule has 1 aliphatic rings. The maximum atomic E-state index is 6.12. The van der Waals surface area contributed by atoms with Crippen molar-refractivity contribution in [2.75, 3.05) is 38.2 Å². The summed E-state index contributed by atoms with van der Waals surface area (Å²) in [6.07, 6.45) is 0. The van der Waals surface area contributed by atoms with Gasteiger partial charge in [-0.1, -0.05) is 48.5 Å². The van der Waals surface area contributed by atoms with E-state index in [9.17, 15) is 0 Å². The first-order chi connectivity index (χ1) is 15.3. The van der Waals surface area contributed by atoms with Gasteiger partial charge in [-0.15, -0.1) is 0 Å². The smallest absolute Gasteiger partial charge is 0.229 e. The van der Waals surface area contributed by atoms with E-state index < -0.39 is 0 Å². The van der Waals surface area contributed by atoms with Crippen molar-refractivity contribution in [1.82, 2.24) is 19.9 Å². The van der Waals surface area contributed by atoms with Crippen LogP contribution in [-0.2, 0) is 4.74 Å². The minimum atomic E-state index is 0.339. The number of aromatic nitrogens is 3. The van der Waals surface area contributed by atoms with Gasteiger partial charge in [-0.3, -0.25) is 4.90 Å². The van der Waals surface area contributed by atoms with E-state index in [4.69, 9.17) is 14.1 Å². The molecule has 0 saturated carbocycles. The van der Waals surface area contributed by atoms with E-state index in [-0.39, 0.29) is 0 Å². The Morgan fingerprint density at radius 3 is 2.29 bits per heavy atom. The van der Waals surface area contributed by atoms with E-state index in [0.29, 0.717) is 34.8 Å². The Morgan fingerprint density at radius 2 is 1.58 bits per heavy atom. The molecule has 2 aromatic carbocycles. The molecule has 31 heavy (non-hydrogen) atoms. The second-order valence-electron chi connectivity index (χ2n) is 7.68. The number of morpholine rings is 1. The molecule has 1 N–H and O–H groups in total. The molecule has 7 heteroatoms. The molecule has 1 atom stereocenters. The number of ether oxygens (including phenoxy) is 1. The van der Waals surface area contributed by atoms with Crippen LogP contribution in [0.4, 0.5) is 5.82 Å². The van der Waals surface area contributed by atoms with Crippen molar-refractivity contribution in [3.63, 3.8) is 0 Å². The van der Waals surface area contributed by atoms with Gasteiger partial charge in [0.15, 0.2) is 11.6 Å². The van der Waals surface area contributed by atoms with Crippen LogP contribution >= 0.6 is 0 Å². The first-order valence-electron chi connectivity index (χ1n) is 10.6. The molecule has 7 nitrogen and oxygen atoms in total. The highest BCUT2D eigenvalue weighted by molar-refractivity contribution is 5.84. The van der Waals surface area contributed by atoms with Crippen molar-refractivity contribution >= 4 is 17.0 Å². The Kier molecular flexibility index (Phi) is 5.60. The summed E-state index contributed by atoms with van der Waals surface area (Å²) in [4.78, 5) is 16.6. The minimum Gasteiger partial charge on any atom is -0.430 e. The average Bonchev–Trinajstić information content (AvgIpc) is 3.28. The van der Waals surface area contributed by atoms with Gasteiger partial charge in [-0.2, -0.15) is 4.98 Å². The van der Waals surface area contributed by atoms with Crippen molar-refractivity contribution in [1.29, 1.82) is 0 Å². The fraction of sp³-hybridized carbons (Fsp3) is 0.292. The summed E-state index contributed by atoms with van der Waals surface area (Å²) in [5, 5.41) is 3.49. The molecule has 1 saturated heterocycles. The molecular weight excluding hydrogens is 390 g/mol. The average molecular weight is 415 g/mol. The number of hydrogen-bond acceptors (Lipinski definition) is 7. The second-order valence-corrected chi connectivity index (χ2v) is 7.68. The molecule has 2 aromatic heterocycles. The van der Waals surface area contributed by atoms with E-state index in [1.807, 2.05) is 60.7 Å². The van der Waals surface area contributed by atoms with Gasteiger partial charge in [0.2, 0.25) is 17.1 Å². The first-order valence-corrected chi connectivity index (χ1v) is 10.6. The summed E-state index contributed by atoms with van der Waals surface area (Å²) in [6, 6.07) is 20.1. The highest BCUT2D eigenvalue weighted by atomic mass is 16.5. The van der Waals surface area contributed by atoms with E-state index in [1.54, 1.807) is 0 Å². The number of oxazole rings is 1. The molecule has 5 rings (SSSR count). The second kappa shape index (κ2) is 8.83. The lowest BCUT2D eigenvalue weighted by Crippen LogP contribution is -2.45. The van der Waals surface area contributed by atoms with Crippen LogP contribution in [-0.4, -0.2) is 58.7 Å². The van der Waals surface area contributed by atoms with Gasteiger partial charge < -0.3 is 14.5 Å². The van der Waals surface area contributed by atoms with Gasteiger partial charge >= 0.3 is 0 Å². The summed E-state index contributed by atoms with van der Waals surface area (Å²) < 4.78 is 11.6. The molecule has 0 unspecified atom stereocenters. The normalized spacial score (nSPS) is 15.8. The Hall–Kier alpha value is -3.29. The summed E-state index contributed by atoms with van der Waals surface area (Å²) in [7, 11) is 0. The number of anilines is 1. The third-order valence-electron chi connectivity index (χ3n) is 5.54. The largest absolute Gasteiger partial charge is 0.430 e. The quantitative estimate of drug-likeness (QED) is 0.508. The lowest BCUT2D eigenvalue weighted by Gasteiger charge is -2.32. The number of rotatable bonds is 6. The maximum absolute atomic E-state index is 6.12. The molecule has 158 valence electrons. The highest BCUT2D eigenvalue weighted by Gasteiger charge is 2.20. The van der Waals surface area contributed by atoms with Gasteiger partial charge in [0.05, 0.1) is 13.2 Å². The van der Waals surface area contributed by atoms with Crippen LogP contribution < -0.4 is 5.32 Å². The van der Waals surface area contributed by atoms with Crippen LogP contribution in [0.2, 0.25) is 0 Å². The number of benzene rings is 2. The zero-order chi connectivity index (χ0) is 21.0. The number of nitrogens with zero attached hydrogens (tertiary/aromatic N) is 4. The molecule has 0 bridgehead atoms. The van der Waals surface area contributed by atoms with Crippen LogP contribution in [0.5, 0.6) is 0 Å². The van der Waals surface area contributed by atoms with Gasteiger partial charge in [0.1, 0.15) is 0 Å². The number of hydrogen-bond donors (Lipinski definition) is 1. The Morgan fingerprint density at radius 1 is 0.903 bits per heavy atom. The van der Waals surface area contributed by atoms with Crippen LogP contribution in [0.1, 0.15) is 6.92 Å². The third-order valence-corrected chi connectivity index (χ3v) is 5.54. The third kappa shape index (κ3) is 4.28. The monoisotopic (exact) mass is 415 g/mol. The maximum Gasteiger partial charge on any atom is 0.229 e. The van der Waals surface area contributed by atoms with Crippen molar-refractivity contribution in [3.8, 4) is 22.8 Å². The fourth-order valence-electron chi connectivity index (χ4n) is 3.76. The zero-order valence-corrected chi connectivity index (χ0v) is 17.5. The predicted molar refractivity (Wildman–Crippen MR) is 121 cm³/mol. The van der Waals surface area contributed by atoms with Gasteiger partial charge in [0, 0.05) is 36.8 Å². The Labute approximate surface area is 181 Å². The molecule has 0 radical (unpaired) electrons.